The first-order chi connectivity index (χ1) is 18.1. The van der Waals surface area contributed by atoms with E-state index in [0.717, 1.165) is 0 Å². The summed E-state index contributed by atoms with van der Waals surface area (Å²) >= 11 is 4.52. The molecule has 1 radical (unpaired) electrons. The molecule has 3 aromatic carbocycles. The molecular formula is C35H42ClSiZr. The molecule has 0 saturated carbocycles. The second-order valence-corrected chi connectivity index (χ2v) is 37.0. The van der Waals surface area contributed by atoms with Crippen molar-refractivity contribution in [2.45, 2.75) is 76.8 Å². The summed E-state index contributed by atoms with van der Waals surface area (Å²) in [7, 11) is 0. The van der Waals surface area contributed by atoms with Gasteiger partial charge in [0.1, 0.15) is 0 Å². The van der Waals surface area contributed by atoms with Crippen LogP contribution in [0.1, 0.15) is 103 Å². The Hall–Kier alpha value is -1.47. The molecule has 5 rings (SSSR count). The molecule has 197 valence electrons. The first-order valence-electron chi connectivity index (χ1n) is 14.2. The van der Waals surface area contributed by atoms with Crippen molar-refractivity contribution in [3.05, 3.63) is 117 Å². The van der Waals surface area contributed by atoms with E-state index in [1.165, 1.54) is 27.8 Å². The predicted octanol–water partition coefficient (Wildman–Crippen LogP) is 10.9. The Morgan fingerprint density at radius 1 is 0.658 bits per heavy atom. The van der Waals surface area contributed by atoms with Crippen molar-refractivity contribution in [3.8, 4) is 0 Å². The van der Waals surface area contributed by atoms with Crippen LogP contribution < -0.4 is 0 Å². The molecule has 0 saturated heterocycles. The third kappa shape index (κ3) is 4.34. The predicted molar refractivity (Wildman–Crippen MR) is 166 cm³/mol. The molecule has 38 heavy (non-hydrogen) atoms. The first kappa shape index (κ1) is 28.1. The Morgan fingerprint density at radius 3 is 1.50 bits per heavy atom. The van der Waals surface area contributed by atoms with E-state index in [-0.39, 0.29) is 3.08 Å². The van der Waals surface area contributed by atoms with E-state index in [1.807, 2.05) is 0 Å². The van der Waals surface area contributed by atoms with Crippen molar-refractivity contribution >= 4 is 29.7 Å². The third-order valence-corrected chi connectivity index (χ3v) is 43.6. The molecule has 3 unspecified atom stereocenters. The standard InChI is InChI=1S/2C13H15.C7H6Cl.C2H6Si.Zr/c2*1-9(2)12-6-4-5-11-7-10(3)8-13(11)12;8-6-7-4-2-1-3-5-7;1-3-2;/h2*4-9H,1-3H3;1-6H;1-2H3;. The number of hydrogen-bond donors (Lipinski definition) is 0. The minimum atomic E-state index is -3.49. The molecule has 3 aromatic rings. The Balaban J connectivity index is 1.84. The molecule has 2 aliphatic rings. The zero-order chi connectivity index (χ0) is 27.4. The van der Waals surface area contributed by atoms with Crippen LogP contribution in [0.25, 0.3) is 12.2 Å². The van der Waals surface area contributed by atoms with Gasteiger partial charge >= 0.3 is 243 Å². The second-order valence-electron chi connectivity index (χ2n) is 12.4. The van der Waals surface area contributed by atoms with E-state index < -0.39 is 25.4 Å². The van der Waals surface area contributed by atoms with Gasteiger partial charge in [-0.1, -0.05) is 0 Å². The van der Waals surface area contributed by atoms with Crippen molar-refractivity contribution in [2.24, 2.45) is 0 Å². The quantitative estimate of drug-likeness (QED) is 0.183. The average molecular weight is 617 g/mol. The normalized spacial score (nSPS) is 20.8. The topological polar surface area (TPSA) is 0 Å². The van der Waals surface area contributed by atoms with Gasteiger partial charge in [-0.05, 0) is 0 Å². The third-order valence-electron chi connectivity index (χ3n) is 9.20. The van der Waals surface area contributed by atoms with Gasteiger partial charge < -0.3 is 0 Å². The van der Waals surface area contributed by atoms with Crippen LogP contribution in [0, 0.1) is 0 Å². The average Bonchev–Trinajstić information content (AvgIpc) is 3.41. The monoisotopic (exact) mass is 615 g/mol. The SMILES string of the molecule is CC1=Cc2c(C(C)C)cccc2[CH]1[Zr]([CH](Cl)c1ccccc1)([CH]1C(C)=Cc2c(C(C)C)cccc21)[Si](C)C. The Bertz CT molecular complexity index is 1320. The summed E-state index contributed by atoms with van der Waals surface area (Å²) in [5.41, 5.74) is 13.5. The van der Waals surface area contributed by atoms with Crippen LogP contribution in [0.4, 0.5) is 0 Å². The van der Waals surface area contributed by atoms with Crippen molar-refractivity contribution in [2.75, 3.05) is 0 Å². The number of allylic oxidation sites excluding steroid dienone is 2. The maximum atomic E-state index is 8.02. The second kappa shape index (κ2) is 10.8. The van der Waals surface area contributed by atoms with E-state index in [1.54, 1.807) is 22.3 Å². The number of benzene rings is 3. The van der Waals surface area contributed by atoms with Crippen molar-refractivity contribution in [1.29, 1.82) is 0 Å². The molecule has 0 aliphatic heterocycles. The van der Waals surface area contributed by atoms with Crippen LogP contribution >= 0.6 is 11.6 Å². The van der Waals surface area contributed by atoms with Crippen LogP contribution in [0.5, 0.6) is 0 Å². The molecule has 2 aliphatic carbocycles. The Labute approximate surface area is 241 Å². The molecular weight excluding hydrogens is 575 g/mol. The first-order valence-corrected chi connectivity index (χ1v) is 25.1. The summed E-state index contributed by atoms with van der Waals surface area (Å²) in [6.07, 6.45) is 5.08. The number of halogens is 1. The van der Waals surface area contributed by atoms with E-state index >= 15 is 0 Å². The fraction of sp³-hybridized carbons (Fsp3) is 0.371. The molecule has 0 bridgehead atoms. The summed E-state index contributed by atoms with van der Waals surface area (Å²) in [4.78, 5) is 0. The van der Waals surface area contributed by atoms with Gasteiger partial charge in [-0.2, -0.15) is 0 Å². The molecule has 0 N–H and O–H groups in total. The van der Waals surface area contributed by atoms with E-state index in [0.29, 0.717) is 19.1 Å². The minimum absolute atomic E-state index is 0.0957. The molecule has 0 fully saturated rings. The summed E-state index contributed by atoms with van der Waals surface area (Å²) in [5, 5.41) is 0. The van der Waals surface area contributed by atoms with Gasteiger partial charge in [0.05, 0.1) is 0 Å². The van der Waals surface area contributed by atoms with E-state index in [9.17, 15) is 0 Å². The number of rotatable bonds is 7. The van der Waals surface area contributed by atoms with Crippen LogP contribution in [-0.2, 0) is 19.4 Å². The summed E-state index contributed by atoms with van der Waals surface area (Å²) < 4.78 is 1.05. The molecule has 0 heterocycles. The van der Waals surface area contributed by atoms with Gasteiger partial charge in [0.25, 0.3) is 0 Å². The Morgan fingerprint density at radius 2 is 1.11 bits per heavy atom. The van der Waals surface area contributed by atoms with Gasteiger partial charge in [-0.15, -0.1) is 0 Å². The fourth-order valence-corrected chi connectivity index (χ4v) is 44.5. The molecule has 0 spiro atoms. The van der Waals surface area contributed by atoms with E-state index in [2.05, 4.69) is 134 Å². The molecule has 0 nitrogen and oxygen atoms in total. The number of hydrogen-bond acceptors (Lipinski definition) is 0. The zero-order valence-electron chi connectivity index (χ0n) is 24.3. The Kier molecular flexibility index (Phi) is 8.00. The molecule has 0 aromatic heterocycles. The van der Waals surface area contributed by atoms with Crippen molar-refractivity contribution < 1.29 is 19.4 Å². The summed E-state index contributed by atoms with van der Waals surface area (Å²) in [5.74, 6) is 0.255. The van der Waals surface area contributed by atoms with Crippen LogP contribution in [-0.4, -0.2) is 5.92 Å². The van der Waals surface area contributed by atoms with Crippen molar-refractivity contribution in [3.63, 3.8) is 0 Å². The van der Waals surface area contributed by atoms with Crippen LogP contribution in [0.2, 0.25) is 13.1 Å². The van der Waals surface area contributed by atoms with Gasteiger partial charge in [0.2, 0.25) is 0 Å². The van der Waals surface area contributed by atoms with Gasteiger partial charge in [0.15, 0.2) is 0 Å². The van der Waals surface area contributed by atoms with Gasteiger partial charge in [0, 0.05) is 0 Å². The van der Waals surface area contributed by atoms with Crippen LogP contribution in [0.15, 0.2) is 77.9 Å². The molecule has 3 atom stereocenters. The van der Waals surface area contributed by atoms with E-state index in [4.69, 9.17) is 11.6 Å². The van der Waals surface area contributed by atoms with Gasteiger partial charge in [-0.3, -0.25) is 0 Å². The van der Waals surface area contributed by atoms with Crippen LogP contribution in [0.3, 0.4) is 0 Å². The maximum absolute atomic E-state index is 8.02. The number of fused-ring (bicyclic) bond motifs is 2. The van der Waals surface area contributed by atoms with Crippen molar-refractivity contribution in [1.82, 2.24) is 0 Å². The summed E-state index contributed by atoms with van der Waals surface area (Å²) in [6, 6.07) is 25.3. The summed E-state index contributed by atoms with van der Waals surface area (Å²) in [6.45, 7) is 19.4. The number of alkyl halides is 1. The van der Waals surface area contributed by atoms with Gasteiger partial charge in [-0.25, -0.2) is 0 Å². The zero-order valence-corrected chi connectivity index (χ0v) is 28.5. The molecule has 0 amide bonds. The molecule has 3 heteroatoms. The fourth-order valence-electron chi connectivity index (χ4n) is 7.62.